The van der Waals surface area contributed by atoms with Gasteiger partial charge in [-0.1, -0.05) is 30.5 Å². The molecule has 0 fully saturated rings. The lowest BCUT2D eigenvalue weighted by atomic mass is 10.1. The lowest BCUT2D eigenvalue weighted by Gasteiger charge is -2.14. The average Bonchev–Trinajstić information content (AvgIpc) is 2.80. The fourth-order valence-corrected chi connectivity index (χ4v) is 3.49. The molecule has 2 rings (SSSR count). The number of aryl methyl sites for hydroxylation is 1. The smallest absolute Gasteiger partial charge is 0.0408 e. The molecular weight excluding hydrogens is 274 g/mol. The van der Waals surface area contributed by atoms with E-state index in [9.17, 15) is 0 Å². The Labute approximate surface area is 126 Å². The highest BCUT2D eigenvalue weighted by Crippen LogP contribution is 2.32. The Balaban J connectivity index is 1.66. The van der Waals surface area contributed by atoms with E-state index in [2.05, 4.69) is 23.7 Å². The minimum Gasteiger partial charge on any atom is -0.310 e. The van der Waals surface area contributed by atoms with Gasteiger partial charge in [-0.25, -0.2) is 0 Å². The van der Waals surface area contributed by atoms with E-state index in [4.69, 9.17) is 11.6 Å². The lowest BCUT2D eigenvalue weighted by molar-refractivity contribution is 0.506. The third kappa shape index (κ3) is 4.70. The van der Waals surface area contributed by atoms with E-state index in [-0.39, 0.29) is 0 Å². The van der Waals surface area contributed by atoms with Gasteiger partial charge in [-0.15, -0.1) is 0 Å². The molecular formula is C16H24ClNS. The largest absolute Gasteiger partial charge is 0.310 e. The number of hydrogen-bond acceptors (Lipinski definition) is 2. The van der Waals surface area contributed by atoms with Crippen molar-refractivity contribution in [3.63, 3.8) is 0 Å². The molecule has 106 valence electrons. The van der Waals surface area contributed by atoms with Crippen LogP contribution in [0.3, 0.4) is 0 Å². The van der Waals surface area contributed by atoms with Crippen LogP contribution >= 0.6 is 23.4 Å². The molecule has 0 spiro atoms. The third-order valence-corrected chi connectivity index (χ3v) is 4.78. The molecule has 1 aliphatic rings. The predicted octanol–water partition coefficient (Wildman–Crippen LogP) is 4.84. The standard InChI is InChI=1S/C16H24ClNS/c1-19-11-5-3-2-4-10-18-16-9-6-13-12-14(17)7-8-15(13)16/h7-8,12,16,18H,2-6,9-11H2,1H3. The van der Waals surface area contributed by atoms with E-state index in [1.54, 1.807) is 0 Å². The van der Waals surface area contributed by atoms with Crippen molar-refractivity contribution >= 4 is 23.4 Å². The van der Waals surface area contributed by atoms with Gasteiger partial charge in [0.1, 0.15) is 0 Å². The number of halogens is 1. The number of unbranched alkanes of at least 4 members (excludes halogenated alkanes) is 3. The van der Waals surface area contributed by atoms with Crippen LogP contribution in [0.15, 0.2) is 18.2 Å². The molecule has 0 radical (unpaired) electrons. The summed E-state index contributed by atoms with van der Waals surface area (Å²) in [4.78, 5) is 0. The summed E-state index contributed by atoms with van der Waals surface area (Å²) in [7, 11) is 0. The molecule has 3 heteroatoms. The number of nitrogens with one attached hydrogen (secondary N) is 1. The van der Waals surface area contributed by atoms with Crippen LogP contribution in [0, 0.1) is 0 Å². The predicted molar refractivity (Wildman–Crippen MR) is 87.4 cm³/mol. The van der Waals surface area contributed by atoms with Gasteiger partial charge in [0.2, 0.25) is 0 Å². The van der Waals surface area contributed by atoms with Crippen LogP contribution in [0.5, 0.6) is 0 Å². The van der Waals surface area contributed by atoms with Gasteiger partial charge >= 0.3 is 0 Å². The van der Waals surface area contributed by atoms with Crippen molar-refractivity contribution in [1.29, 1.82) is 0 Å². The molecule has 0 heterocycles. The maximum Gasteiger partial charge on any atom is 0.0408 e. The van der Waals surface area contributed by atoms with Crippen molar-refractivity contribution in [2.24, 2.45) is 0 Å². The van der Waals surface area contributed by atoms with Gasteiger partial charge in [0, 0.05) is 11.1 Å². The van der Waals surface area contributed by atoms with E-state index in [1.807, 2.05) is 17.8 Å². The molecule has 0 aliphatic heterocycles. The molecule has 1 nitrogen and oxygen atoms in total. The van der Waals surface area contributed by atoms with Crippen molar-refractivity contribution in [2.75, 3.05) is 18.6 Å². The Bertz CT molecular complexity index is 394. The Morgan fingerprint density at radius 2 is 2.11 bits per heavy atom. The summed E-state index contributed by atoms with van der Waals surface area (Å²) in [5.41, 5.74) is 2.90. The molecule has 0 amide bonds. The van der Waals surface area contributed by atoms with Crippen LogP contribution in [0.25, 0.3) is 0 Å². The molecule has 1 aliphatic carbocycles. The minimum absolute atomic E-state index is 0.554. The summed E-state index contributed by atoms with van der Waals surface area (Å²) in [6.45, 7) is 1.14. The zero-order valence-electron chi connectivity index (χ0n) is 11.8. The van der Waals surface area contributed by atoms with Crippen LogP contribution in [0.2, 0.25) is 5.02 Å². The van der Waals surface area contributed by atoms with Crippen LogP contribution in [-0.4, -0.2) is 18.6 Å². The highest BCUT2D eigenvalue weighted by Gasteiger charge is 2.21. The average molecular weight is 298 g/mol. The monoisotopic (exact) mass is 297 g/mol. The van der Waals surface area contributed by atoms with E-state index in [1.165, 1.54) is 55.4 Å². The summed E-state index contributed by atoms with van der Waals surface area (Å²) < 4.78 is 0. The van der Waals surface area contributed by atoms with Crippen molar-refractivity contribution in [1.82, 2.24) is 5.32 Å². The van der Waals surface area contributed by atoms with Gasteiger partial charge in [-0.2, -0.15) is 11.8 Å². The first-order valence-electron chi connectivity index (χ1n) is 7.32. The fourth-order valence-electron chi connectivity index (χ4n) is 2.80. The molecule has 0 saturated heterocycles. The Morgan fingerprint density at radius 3 is 2.95 bits per heavy atom. The molecule has 1 aromatic carbocycles. The Kier molecular flexibility index (Phi) is 6.55. The first-order chi connectivity index (χ1) is 9.31. The Hall–Kier alpha value is -0.180. The van der Waals surface area contributed by atoms with Crippen molar-refractivity contribution < 1.29 is 0 Å². The fraction of sp³-hybridized carbons (Fsp3) is 0.625. The molecule has 0 saturated carbocycles. The van der Waals surface area contributed by atoms with E-state index in [0.29, 0.717) is 6.04 Å². The van der Waals surface area contributed by atoms with E-state index < -0.39 is 0 Å². The lowest BCUT2D eigenvalue weighted by Crippen LogP contribution is -2.20. The van der Waals surface area contributed by atoms with Crippen molar-refractivity contribution in [2.45, 2.75) is 44.6 Å². The maximum absolute atomic E-state index is 6.04. The third-order valence-electron chi connectivity index (χ3n) is 3.85. The molecule has 1 unspecified atom stereocenters. The van der Waals surface area contributed by atoms with Crippen LogP contribution in [0.1, 0.15) is 49.3 Å². The van der Waals surface area contributed by atoms with Crippen molar-refractivity contribution in [3.05, 3.63) is 34.3 Å². The van der Waals surface area contributed by atoms with E-state index >= 15 is 0 Å². The first kappa shape index (κ1) is 15.2. The highest BCUT2D eigenvalue weighted by atomic mass is 35.5. The summed E-state index contributed by atoms with van der Waals surface area (Å²) in [5.74, 6) is 1.31. The Morgan fingerprint density at radius 1 is 1.26 bits per heavy atom. The normalized spacial score (nSPS) is 17.7. The highest BCUT2D eigenvalue weighted by molar-refractivity contribution is 7.98. The molecule has 19 heavy (non-hydrogen) atoms. The first-order valence-corrected chi connectivity index (χ1v) is 9.09. The summed E-state index contributed by atoms with van der Waals surface area (Å²) in [5, 5.41) is 4.57. The summed E-state index contributed by atoms with van der Waals surface area (Å²) in [6.07, 6.45) is 9.97. The van der Waals surface area contributed by atoms with Gasteiger partial charge < -0.3 is 5.32 Å². The number of benzene rings is 1. The topological polar surface area (TPSA) is 12.0 Å². The van der Waals surface area contributed by atoms with Gasteiger partial charge in [-0.05, 0) is 67.5 Å². The zero-order chi connectivity index (χ0) is 13.5. The molecule has 1 aromatic rings. The second-order valence-electron chi connectivity index (χ2n) is 5.30. The molecule has 1 atom stereocenters. The van der Waals surface area contributed by atoms with Crippen LogP contribution in [0.4, 0.5) is 0 Å². The minimum atomic E-state index is 0.554. The molecule has 0 bridgehead atoms. The maximum atomic E-state index is 6.04. The zero-order valence-corrected chi connectivity index (χ0v) is 13.3. The number of fused-ring (bicyclic) bond motifs is 1. The van der Waals surface area contributed by atoms with Gasteiger partial charge in [0.05, 0.1) is 0 Å². The quantitative estimate of drug-likeness (QED) is 0.689. The second kappa shape index (κ2) is 8.18. The van der Waals surface area contributed by atoms with Gasteiger partial charge in [0.25, 0.3) is 0 Å². The molecule has 1 N–H and O–H groups in total. The van der Waals surface area contributed by atoms with Crippen LogP contribution in [-0.2, 0) is 6.42 Å². The van der Waals surface area contributed by atoms with Crippen LogP contribution < -0.4 is 5.32 Å². The number of thioether (sulfide) groups is 1. The number of rotatable bonds is 8. The van der Waals surface area contributed by atoms with Crippen molar-refractivity contribution in [3.8, 4) is 0 Å². The van der Waals surface area contributed by atoms with Gasteiger partial charge in [-0.3, -0.25) is 0 Å². The van der Waals surface area contributed by atoms with E-state index in [0.717, 1.165) is 11.6 Å². The SMILES string of the molecule is CSCCCCCCNC1CCc2cc(Cl)ccc21. The number of hydrogen-bond donors (Lipinski definition) is 1. The second-order valence-corrected chi connectivity index (χ2v) is 6.72. The summed E-state index contributed by atoms with van der Waals surface area (Å²) in [6, 6.07) is 6.89. The summed E-state index contributed by atoms with van der Waals surface area (Å²) >= 11 is 7.99. The molecule has 0 aromatic heterocycles. The van der Waals surface area contributed by atoms with Gasteiger partial charge in [0.15, 0.2) is 0 Å².